The summed E-state index contributed by atoms with van der Waals surface area (Å²) in [7, 11) is 0.975. The predicted molar refractivity (Wildman–Crippen MR) is 63.2 cm³/mol. The van der Waals surface area contributed by atoms with Crippen LogP contribution in [0.25, 0.3) is 0 Å². The highest BCUT2D eigenvalue weighted by Gasteiger charge is 2.36. The smallest absolute Gasteiger partial charge is 0.171 e. The monoisotopic (exact) mass is 214 g/mol. The fourth-order valence-electron chi connectivity index (χ4n) is 2.31. The zero-order valence-electron chi connectivity index (χ0n) is 9.79. The van der Waals surface area contributed by atoms with Crippen molar-refractivity contribution in [2.75, 3.05) is 13.7 Å². The van der Waals surface area contributed by atoms with Crippen molar-refractivity contribution in [1.82, 2.24) is 4.57 Å². The van der Waals surface area contributed by atoms with Crippen LogP contribution in [0.4, 0.5) is 0 Å². The van der Waals surface area contributed by atoms with Crippen molar-refractivity contribution in [2.24, 2.45) is 4.99 Å². The average molecular weight is 214 g/mol. The van der Waals surface area contributed by atoms with Gasteiger partial charge in [0, 0.05) is 0 Å². The molecule has 0 aliphatic carbocycles. The van der Waals surface area contributed by atoms with Crippen molar-refractivity contribution in [3.05, 3.63) is 0 Å². The van der Waals surface area contributed by atoms with E-state index in [-0.39, 0.29) is 6.17 Å². The topological polar surface area (TPSA) is 24.8 Å². The molecular formula is C10H22N2OSi. The molecule has 0 aromatic heterocycles. The van der Waals surface area contributed by atoms with Gasteiger partial charge >= 0.3 is 0 Å². The Morgan fingerprint density at radius 1 is 1.36 bits per heavy atom. The van der Waals surface area contributed by atoms with E-state index in [2.05, 4.69) is 37.4 Å². The molecule has 1 unspecified atom stereocenters. The first-order valence-electron chi connectivity index (χ1n) is 5.56. The van der Waals surface area contributed by atoms with E-state index >= 15 is 0 Å². The highest BCUT2D eigenvalue weighted by atomic mass is 28.3. The van der Waals surface area contributed by atoms with Crippen LogP contribution in [0.5, 0.6) is 0 Å². The minimum absolute atomic E-state index is 0.279. The van der Waals surface area contributed by atoms with E-state index in [0.29, 0.717) is 0 Å². The van der Waals surface area contributed by atoms with Crippen molar-refractivity contribution in [3.8, 4) is 0 Å². The highest BCUT2D eigenvalue weighted by Crippen LogP contribution is 2.26. The van der Waals surface area contributed by atoms with Crippen molar-refractivity contribution in [1.29, 1.82) is 0 Å². The lowest BCUT2D eigenvalue weighted by atomic mass is 10.6. The lowest BCUT2D eigenvalue weighted by Gasteiger charge is -2.40. The first-order chi connectivity index (χ1) is 6.70. The van der Waals surface area contributed by atoms with Crippen LogP contribution < -0.4 is 0 Å². The van der Waals surface area contributed by atoms with Crippen LogP contribution >= 0.6 is 0 Å². The van der Waals surface area contributed by atoms with Gasteiger partial charge in [-0.15, -0.1) is 0 Å². The van der Waals surface area contributed by atoms with Crippen LogP contribution in [0.15, 0.2) is 4.99 Å². The summed E-state index contributed by atoms with van der Waals surface area (Å²) < 4.78 is 7.71. The molecule has 0 radical (unpaired) electrons. The molecule has 0 amide bonds. The second kappa shape index (κ2) is 4.93. The van der Waals surface area contributed by atoms with Gasteiger partial charge in [-0.05, 0) is 25.2 Å². The molecule has 0 saturated heterocycles. The average Bonchev–Trinajstić information content (AvgIpc) is 2.74. The van der Waals surface area contributed by atoms with Gasteiger partial charge in [0.15, 0.2) is 6.40 Å². The third-order valence-electron chi connectivity index (χ3n) is 3.72. The predicted octanol–water partition coefficient (Wildman–Crippen LogP) is 2.31. The summed E-state index contributed by atoms with van der Waals surface area (Å²) in [6.45, 7) is 7.69. The van der Waals surface area contributed by atoms with E-state index < -0.39 is 8.24 Å². The van der Waals surface area contributed by atoms with E-state index in [1.807, 2.05) is 0 Å². The molecule has 0 spiro atoms. The van der Waals surface area contributed by atoms with E-state index in [1.54, 1.807) is 6.40 Å². The molecule has 1 rings (SSSR count). The van der Waals surface area contributed by atoms with Gasteiger partial charge in [0.1, 0.15) is 21.0 Å². The number of hydrogen-bond acceptors (Lipinski definition) is 3. The summed E-state index contributed by atoms with van der Waals surface area (Å²) in [5.74, 6) is 0. The Balaban J connectivity index is 2.71. The number of rotatable bonds is 5. The molecule has 1 aliphatic heterocycles. The first-order valence-corrected chi connectivity index (χ1v) is 8.13. The second-order valence-electron chi connectivity index (χ2n) is 3.96. The number of aliphatic imine (C=N–C) groups is 1. The summed E-state index contributed by atoms with van der Waals surface area (Å²) in [5, 5.41) is 0. The molecule has 1 aliphatic rings. The maximum Gasteiger partial charge on any atom is 0.171 e. The minimum atomic E-state index is -1.25. The molecule has 0 fully saturated rings. The number of hydrogen-bond donors (Lipinski definition) is 0. The van der Waals surface area contributed by atoms with Crippen LogP contribution in [-0.2, 0) is 4.74 Å². The van der Waals surface area contributed by atoms with E-state index in [9.17, 15) is 0 Å². The van der Waals surface area contributed by atoms with E-state index in [0.717, 1.165) is 6.61 Å². The van der Waals surface area contributed by atoms with E-state index in [4.69, 9.17) is 4.74 Å². The molecule has 1 atom stereocenters. The van der Waals surface area contributed by atoms with Crippen LogP contribution in [0.3, 0.4) is 0 Å². The quantitative estimate of drug-likeness (QED) is 0.656. The number of nitrogens with zero attached hydrogens (tertiary/aromatic N) is 2. The molecule has 1 heterocycles. The van der Waals surface area contributed by atoms with Gasteiger partial charge in [-0.2, -0.15) is 0 Å². The zero-order chi connectivity index (χ0) is 10.6. The molecule has 0 bridgehead atoms. The molecule has 14 heavy (non-hydrogen) atoms. The summed E-state index contributed by atoms with van der Waals surface area (Å²) in [5.41, 5.74) is 0. The molecule has 4 heteroatoms. The van der Waals surface area contributed by atoms with Gasteiger partial charge in [-0.1, -0.05) is 20.8 Å². The van der Waals surface area contributed by atoms with Gasteiger partial charge in [0.2, 0.25) is 0 Å². The van der Waals surface area contributed by atoms with Gasteiger partial charge in [-0.3, -0.25) is 0 Å². The van der Waals surface area contributed by atoms with Gasteiger partial charge in [-0.25, -0.2) is 4.99 Å². The number of likely N-dealkylation sites (N-methyl/N-ethyl adjacent to an activating group) is 1. The fraction of sp³-hybridized carbons (Fsp3) is 0.900. The molecule has 0 aromatic rings. The third kappa shape index (κ3) is 2.01. The Labute approximate surface area is 88.2 Å². The standard InChI is InChI=1S/C10H22N2OSi/c1-5-14(6-2,7-3)12(4)10-8-13-9-11-10/h9-10H,5-8H2,1-4H3. The summed E-state index contributed by atoms with van der Waals surface area (Å²) >= 11 is 0. The molecule has 3 nitrogen and oxygen atoms in total. The third-order valence-corrected chi connectivity index (χ3v) is 9.47. The first kappa shape index (κ1) is 11.7. The van der Waals surface area contributed by atoms with E-state index in [1.165, 1.54) is 18.1 Å². The second-order valence-corrected chi connectivity index (χ2v) is 9.24. The molecule has 0 N–H and O–H groups in total. The molecular weight excluding hydrogens is 192 g/mol. The Bertz CT molecular complexity index is 196. The van der Waals surface area contributed by atoms with Crippen molar-refractivity contribution in [3.63, 3.8) is 0 Å². The van der Waals surface area contributed by atoms with Gasteiger partial charge in [0.05, 0.1) is 0 Å². The van der Waals surface area contributed by atoms with Crippen molar-refractivity contribution in [2.45, 2.75) is 45.1 Å². The molecule has 0 aromatic carbocycles. The fourth-order valence-corrected chi connectivity index (χ4v) is 6.08. The van der Waals surface area contributed by atoms with Gasteiger partial charge in [0.25, 0.3) is 0 Å². The summed E-state index contributed by atoms with van der Waals surface area (Å²) in [6, 6.07) is 3.92. The van der Waals surface area contributed by atoms with Crippen molar-refractivity contribution >= 4 is 14.6 Å². The van der Waals surface area contributed by atoms with Crippen LogP contribution in [0.2, 0.25) is 18.1 Å². The van der Waals surface area contributed by atoms with Crippen LogP contribution in [-0.4, -0.2) is 39.0 Å². The molecule has 0 saturated carbocycles. The molecule has 82 valence electrons. The lowest BCUT2D eigenvalue weighted by Crippen LogP contribution is -2.54. The normalized spacial score (nSPS) is 21.6. The highest BCUT2D eigenvalue weighted by molar-refractivity contribution is 6.77. The zero-order valence-corrected chi connectivity index (χ0v) is 10.8. The Morgan fingerprint density at radius 3 is 2.29 bits per heavy atom. The maximum absolute atomic E-state index is 5.20. The minimum Gasteiger partial charge on any atom is -0.480 e. The summed E-state index contributed by atoms with van der Waals surface area (Å²) in [4.78, 5) is 4.36. The maximum atomic E-state index is 5.20. The Hall–Kier alpha value is -0.353. The summed E-state index contributed by atoms with van der Waals surface area (Å²) in [6.07, 6.45) is 1.88. The SMILES string of the molecule is CC[Si](CC)(CC)N(C)C1COC=N1. The van der Waals surface area contributed by atoms with Crippen LogP contribution in [0, 0.1) is 0 Å². The lowest BCUT2D eigenvalue weighted by molar-refractivity contribution is 0.256. The Morgan fingerprint density at radius 2 is 1.93 bits per heavy atom. The van der Waals surface area contributed by atoms with Crippen LogP contribution in [0.1, 0.15) is 20.8 Å². The van der Waals surface area contributed by atoms with Crippen molar-refractivity contribution < 1.29 is 4.74 Å². The van der Waals surface area contributed by atoms with Gasteiger partial charge < -0.3 is 9.30 Å². The number of ether oxygens (including phenoxy) is 1. The Kier molecular flexibility index (Phi) is 4.13. The largest absolute Gasteiger partial charge is 0.480 e.